The molecule has 19 atom stereocenters. The smallest absolute Gasteiger partial charge is 0.339 e. The highest BCUT2D eigenvalue weighted by atomic mass is 127. The van der Waals surface area contributed by atoms with Crippen LogP contribution in [0.25, 0.3) is 0 Å². The number of carbonyl (C=O) groups is 5. The van der Waals surface area contributed by atoms with Crippen LogP contribution in [0.4, 0.5) is 0 Å². The maximum atomic E-state index is 14.4. The Hall–Kier alpha value is -1.11. The zero-order valence-corrected chi connectivity index (χ0v) is 32.5. The monoisotopic (exact) mass is 898 g/mol. The quantitative estimate of drug-likeness (QED) is 0.140. The molecule has 7 aliphatic rings. The van der Waals surface area contributed by atoms with Gasteiger partial charge in [-0.15, -0.1) is 0 Å². The van der Waals surface area contributed by atoms with Crippen LogP contribution in [0, 0.1) is 57.7 Å². The van der Waals surface area contributed by atoms with Crippen molar-refractivity contribution >= 4 is 74.8 Å². The molecule has 2 N–H and O–H groups in total. The van der Waals surface area contributed by atoms with E-state index in [2.05, 4.69) is 45.2 Å². The maximum Gasteiger partial charge on any atom is 0.339 e. The number of ketones is 1. The third-order valence-corrected chi connectivity index (χ3v) is 19.5. The number of hydrogen-bond acceptors (Lipinski definition) is 12. The van der Waals surface area contributed by atoms with Crippen molar-refractivity contribution < 1.29 is 57.9 Å². The maximum absolute atomic E-state index is 14.4. The van der Waals surface area contributed by atoms with Gasteiger partial charge < -0.3 is 33.9 Å². The molecule has 48 heavy (non-hydrogen) atoms. The first-order valence-corrected chi connectivity index (χ1v) is 19.1. The number of alkyl halides is 2. The average Bonchev–Trinajstić information content (AvgIpc) is 3.64. The van der Waals surface area contributed by atoms with Gasteiger partial charge in [0.15, 0.2) is 15.0 Å². The molecular weight excluding hydrogens is 854 g/mol. The molecule has 2 aliphatic heterocycles. The van der Waals surface area contributed by atoms with Gasteiger partial charge in [-0.25, -0.2) is 4.79 Å². The molecule has 12 nitrogen and oxygen atoms in total. The number of aliphatic hydroxyl groups excluding tert-OH is 1. The Balaban J connectivity index is 1.54. The fourth-order valence-corrected chi connectivity index (χ4v) is 15.2. The Morgan fingerprint density at radius 2 is 1.46 bits per heavy atom. The molecule has 0 spiro atoms. The minimum atomic E-state index is -2.03. The van der Waals surface area contributed by atoms with Crippen LogP contribution in [0.3, 0.4) is 0 Å². The SMILES string of the molecule is CC(=O)O[C@H]1[C@@H]2[C@H]([C@H](C)C(I)C3(I)OC(=O)[C@@](C)(O)[C@]23C)[C@]2(C)[C@@H]1C1C([C@H](OC(C)=O)[C@@H]2OC(C)=O)[C@@]2(C)C[C@H]3O[C@H]3C[C@@H]2C(=O)[C@@H]1O. The molecule has 4 unspecified atom stereocenters. The molecule has 0 aromatic heterocycles. The fraction of sp³-hybridized carbons (Fsp3) is 0.853. The average molecular weight is 899 g/mol. The number of carbonyl (C=O) groups excluding carboxylic acids is 5. The zero-order valence-electron chi connectivity index (χ0n) is 28.2. The molecular formula is C34H44I2O12. The van der Waals surface area contributed by atoms with E-state index < -0.39 is 113 Å². The summed E-state index contributed by atoms with van der Waals surface area (Å²) in [6.07, 6.45) is -4.04. The third-order valence-electron chi connectivity index (χ3n) is 14.3. The van der Waals surface area contributed by atoms with E-state index in [-0.39, 0.29) is 23.9 Å². The number of esters is 4. The van der Waals surface area contributed by atoms with E-state index in [0.29, 0.717) is 12.8 Å². The fourth-order valence-electron chi connectivity index (χ4n) is 12.4. The molecule has 7 fully saturated rings. The number of rotatable bonds is 3. The lowest BCUT2D eigenvalue weighted by Crippen LogP contribution is -2.72. The van der Waals surface area contributed by atoms with E-state index in [1.54, 1.807) is 6.92 Å². The van der Waals surface area contributed by atoms with Crippen molar-refractivity contribution in [3.8, 4) is 0 Å². The number of halogens is 2. The number of aliphatic hydroxyl groups is 2. The van der Waals surface area contributed by atoms with Gasteiger partial charge in [0.2, 0.25) is 0 Å². The number of hydrogen-bond donors (Lipinski definition) is 2. The Labute approximate surface area is 306 Å². The van der Waals surface area contributed by atoms with E-state index in [4.69, 9.17) is 23.7 Å². The Bertz CT molecular complexity index is 1500. The molecule has 5 aliphatic carbocycles. The van der Waals surface area contributed by atoms with Crippen LogP contribution in [0.5, 0.6) is 0 Å². The minimum absolute atomic E-state index is 0.0930. The molecule has 0 radical (unpaired) electrons. The van der Waals surface area contributed by atoms with Crippen molar-refractivity contribution in [2.45, 2.75) is 118 Å². The summed E-state index contributed by atoms with van der Waals surface area (Å²) < 4.78 is 29.2. The van der Waals surface area contributed by atoms with Gasteiger partial charge in [0.05, 0.1) is 21.5 Å². The van der Waals surface area contributed by atoms with Crippen molar-refractivity contribution in [3.63, 3.8) is 0 Å². The summed E-state index contributed by atoms with van der Waals surface area (Å²) >= 11 is 4.37. The summed E-state index contributed by atoms with van der Waals surface area (Å²) in [4.78, 5) is 67.1. The number of Topliss-reactive ketones (excluding diaryl/α,β-unsaturated/α-hetero) is 1. The van der Waals surface area contributed by atoms with E-state index in [0.717, 1.165) is 0 Å². The number of fused-ring (bicyclic) bond motifs is 10. The summed E-state index contributed by atoms with van der Waals surface area (Å²) in [6.45, 7) is 12.9. The standard InChI is InChI=1S/C34H44I2O12/c1-11-19-22(32(7)33(8,43)29(42)48-34(32,36)27(11)35)25(44-12(2)37)21-18-20(26(45-13(3)38)28(31(19,21)6)46-14(4)39)30(5)10-17-16(47-17)9-15(30)23(40)24(18)41/h11,15-22,24-28,41,43H,9-10H2,1-8H3/t11-,15+,16-,17+,18?,19-,20?,21+,22-,24+,25+,26-,27?,28-,30-,31+,32-,33+,34?/m0/s1. The highest BCUT2D eigenvalue weighted by molar-refractivity contribution is 14.1. The second kappa shape index (κ2) is 10.7. The van der Waals surface area contributed by atoms with Crippen LogP contribution in [0.1, 0.15) is 68.2 Å². The van der Waals surface area contributed by atoms with Crippen LogP contribution < -0.4 is 0 Å². The van der Waals surface area contributed by atoms with Crippen LogP contribution in [-0.4, -0.2) is 89.6 Å². The van der Waals surface area contributed by atoms with Crippen LogP contribution in [-0.2, 0) is 47.7 Å². The van der Waals surface area contributed by atoms with Crippen molar-refractivity contribution in [3.05, 3.63) is 0 Å². The van der Waals surface area contributed by atoms with Gasteiger partial charge >= 0.3 is 23.9 Å². The second-order valence-corrected chi connectivity index (χ2v) is 19.3. The van der Waals surface area contributed by atoms with Gasteiger partial charge in [0.25, 0.3) is 0 Å². The predicted molar refractivity (Wildman–Crippen MR) is 181 cm³/mol. The van der Waals surface area contributed by atoms with E-state index in [1.165, 1.54) is 27.7 Å². The minimum Gasteiger partial charge on any atom is -0.462 e. The lowest BCUT2D eigenvalue weighted by Gasteiger charge is -2.65. The van der Waals surface area contributed by atoms with Crippen LogP contribution >= 0.6 is 45.2 Å². The molecule has 0 amide bonds. The zero-order chi connectivity index (χ0) is 35.4. The van der Waals surface area contributed by atoms with Crippen molar-refractivity contribution in [1.82, 2.24) is 0 Å². The van der Waals surface area contributed by atoms with Crippen molar-refractivity contribution in [2.75, 3.05) is 0 Å². The first-order valence-electron chi connectivity index (χ1n) is 16.8. The van der Waals surface area contributed by atoms with E-state index in [9.17, 15) is 34.2 Å². The number of ether oxygens (including phenoxy) is 5. The lowest BCUT2D eigenvalue weighted by atomic mass is 9.41. The summed E-state index contributed by atoms with van der Waals surface area (Å²) in [5, 5.41) is 24.4. The van der Waals surface area contributed by atoms with Gasteiger partial charge in [-0.1, -0.05) is 50.3 Å². The first-order chi connectivity index (χ1) is 22.1. The van der Waals surface area contributed by atoms with Crippen LogP contribution in [0.15, 0.2) is 0 Å². The topological polar surface area (TPSA) is 175 Å². The van der Waals surface area contributed by atoms with E-state index in [1.807, 2.05) is 20.8 Å². The normalized spacial score (nSPS) is 57.4. The van der Waals surface area contributed by atoms with Gasteiger partial charge in [0.1, 0.15) is 24.4 Å². The molecule has 7 rings (SSSR count). The Morgan fingerprint density at radius 1 is 0.875 bits per heavy atom. The number of epoxide rings is 1. The summed E-state index contributed by atoms with van der Waals surface area (Å²) in [7, 11) is 0. The molecule has 0 aromatic carbocycles. The summed E-state index contributed by atoms with van der Waals surface area (Å²) in [5.41, 5.74) is -5.43. The van der Waals surface area contributed by atoms with Gasteiger partial charge in [-0.05, 0) is 59.6 Å². The molecule has 2 heterocycles. The summed E-state index contributed by atoms with van der Waals surface area (Å²) in [6, 6.07) is 0. The predicted octanol–water partition coefficient (Wildman–Crippen LogP) is 2.92. The Kier molecular flexibility index (Phi) is 7.88. The molecule has 14 heteroatoms. The van der Waals surface area contributed by atoms with Crippen LogP contribution in [0.2, 0.25) is 0 Å². The highest BCUT2D eigenvalue weighted by Gasteiger charge is 2.87. The molecule has 0 aromatic rings. The first kappa shape index (κ1) is 35.3. The molecule has 2 saturated heterocycles. The summed E-state index contributed by atoms with van der Waals surface area (Å²) in [5.74, 6) is -7.61. The van der Waals surface area contributed by atoms with Crippen molar-refractivity contribution in [2.24, 2.45) is 57.7 Å². The highest BCUT2D eigenvalue weighted by Crippen LogP contribution is 2.79. The molecule has 266 valence electrons. The molecule has 5 saturated carbocycles. The van der Waals surface area contributed by atoms with Crippen molar-refractivity contribution in [1.29, 1.82) is 0 Å². The second-order valence-electron chi connectivity index (χ2n) is 16.4. The molecule has 0 bridgehead atoms. The van der Waals surface area contributed by atoms with Gasteiger partial charge in [-0.3, -0.25) is 19.2 Å². The van der Waals surface area contributed by atoms with E-state index >= 15 is 0 Å². The van der Waals surface area contributed by atoms with Gasteiger partial charge in [-0.2, -0.15) is 0 Å². The lowest BCUT2D eigenvalue weighted by molar-refractivity contribution is -0.261. The third kappa shape index (κ3) is 4.12. The largest absolute Gasteiger partial charge is 0.462 e. The van der Waals surface area contributed by atoms with Gasteiger partial charge in [0, 0.05) is 55.8 Å². The Morgan fingerprint density at radius 3 is 2.04 bits per heavy atom.